The average molecular weight is 703 g/mol. The van der Waals surface area contributed by atoms with Gasteiger partial charge in [-0.15, -0.1) is 11.3 Å². The van der Waals surface area contributed by atoms with Gasteiger partial charge in [-0.1, -0.05) is 84.4 Å². The predicted molar refractivity (Wildman–Crippen MR) is 180 cm³/mol. The van der Waals surface area contributed by atoms with E-state index in [1.807, 2.05) is 30.5 Å². The second-order valence-corrected chi connectivity index (χ2v) is 15.2. The van der Waals surface area contributed by atoms with Gasteiger partial charge in [0.15, 0.2) is 6.10 Å². The molecule has 2 aliphatic rings. The molecule has 6 rings (SSSR count). The van der Waals surface area contributed by atoms with Crippen molar-refractivity contribution in [3.05, 3.63) is 148 Å². The lowest BCUT2D eigenvalue weighted by Gasteiger charge is -2.49. The van der Waals surface area contributed by atoms with E-state index in [9.17, 15) is 27.0 Å². The number of aryl methyl sites for hydroxylation is 1. The average Bonchev–Trinajstić information content (AvgIpc) is 3.59. The summed E-state index contributed by atoms with van der Waals surface area (Å²) in [4.78, 5) is 42.3. The molecule has 0 bridgehead atoms. The molecule has 0 spiro atoms. The summed E-state index contributed by atoms with van der Waals surface area (Å²) in [7, 11) is -5.99. The number of amides is 2. The normalized spacial score (nSPS) is 19.2. The molecule has 2 amide bonds. The second kappa shape index (κ2) is 14.1. The Bertz CT molecular complexity index is 1970. The Kier molecular flexibility index (Phi) is 9.71. The number of carbonyl (C=O) groups excluding carboxylic acids is 3. The number of nitrogens with zero attached hydrogens (tertiary/aromatic N) is 1. The van der Waals surface area contributed by atoms with Crippen molar-refractivity contribution in [2.75, 3.05) is 5.75 Å². The highest BCUT2D eigenvalue weighted by Gasteiger charge is 2.57. The number of ether oxygens (including phenoxy) is 1. The molecule has 1 N–H and O–H groups in total. The SMILES string of the molecule is Cc1ccc(S(=O)(=O)OC=CC2=C(C(=O)OC(c3ccccc3)c3ccccc3)N3C(=O)C(NC(=O)Cc4cccs4)C3S(=O)C2)cc1. The summed E-state index contributed by atoms with van der Waals surface area (Å²) in [5.41, 5.74) is 2.07. The Hall–Kier alpha value is -4.85. The van der Waals surface area contributed by atoms with E-state index in [1.54, 1.807) is 66.7 Å². The molecule has 1 aromatic heterocycles. The van der Waals surface area contributed by atoms with E-state index >= 15 is 0 Å². The molecule has 0 saturated carbocycles. The highest BCUT2D eigenvalue weighted by atomic mass is 32.2. The van der Waals surface area contributed by atoms with Crippen LogP contribution < -0.4 is 5.32 Å². The van der Waals surface area contributed by atoms with E-state index in [4.69, 9.17) is 8.92 Å². The zero-order valence-corrected chi connectivity index (χ0v) is 28.0. The van der Waals surface area contributed by atoms with Gasteiger partial charge in [0.2, 0.25) is 5.91 Å². The predicted octanol–water partition coefficient (Wildman–Crippen LogP) is 4.52. The van der Waals surface area contributed by atoms with Crippen LogP contribution >= 0.6 is 11.3 Å². The lowest BCUT2D eigenvalue weighted by molar-refractivity contribution is -0.154. The summed E-state index contributed by atoms with van der Waals surface area (Å²) >= 11 is 1.40. The van der Waals surface area contributed by atoms with E-state index in [0.717, 1.165) is 21.6 Å². The molecular weight excluding hydrogens is 673 g/mol. The van der Waals surface area contributed by atoms with E-state index in [1.165, 1.54) is 29.5 Å². The summed E-state index contributed by atoms with van der Waals surface area (Å²) in [6.45, 7) is 1.82. The molecule has 3 atom stereocenters. The van der Waals surface area contributed by atoms with Gasteiger partial charge in [0.05, 0.1) is 23.0 Å². The van der Waals surface area contributed by atoms with Crippen LogP contribution in [-0.2, 0) is 50.6 Å². The van der Waals surface area contributed by atoms with Crippen LogP contribution in [0.4, 0.5) is 0 Å². The third-order valence-corrected chi connectivity index (χ3v) is 11.5. The molecule has 0 radical (unpaired) electrons. The fourth-order valence-electron chi connectivity index (χ4n) is 5.41. The Balaban J connectivity index is 1.32. The molecule has 0 aliphatic carbocycles. The van der Waals surface area contributed by atoms with Gasteiger partial charge in [-0.3, -0.25) is 18.7 Å². The number of fused-ring (bicyclic) bond motifs is 1. The van der Waals surface area contributed by atoms with Gasteiger partial charge >= 0.3 is 16.1 Å². The van der Waals surface area contributed by atoms with Crippen molar-refractivity contribution < 1.29 is 35.9 Å². The van der Waals surface area contributed by atoms with Crippen molar-refractivity contribution in [2.24, 2.45) is 0 Å². The van der Waals surface area contributed by atoms with Crippen molar-refractivity contribution in [1.82, 2.24) is 10.2 Å². The summed E-state index contributed by atoms with van der Waals surface area (Å²) < 4.78 is 50.4. The van der Waals surface area contributed by atoms with Crippen LogP contribution in [0.5, 0.6) is 0 Å². The fourth-order valence-corrected chi connectivity index (χ4v) is 8.54. The number of β-lactam (4-membered cyclic amide) rings is 1. The Labute approximate surface area is 284 Å². The number of benzene rings is 3. The molecule has 3 unspecified atom stereocenters. The number of carbonyl (C=O) groups is 3. The van der Waals surface area contributed by atoms with Gasteiger partial charge in [-0.05, 0) is 53.3 Å². The summed E-state index contributed by atoms with van der Waals surface area (Å²) in [5, 5.41) is 3.47. The maximum Gasteiger partial charge on any atom is 0.356 e. The van der Waals surface area contributed by atoms with Crippen LogP contribution in [0, 0.1) is 6.92 Å². The third kappa shape index (κ3) is 7.03. The first-order valence-electron chi connectivity index (χ1n) is 14.8. The first kappa shape index (κ1) is 33.1. The second-order valence-electron chi connectivity index (χ2n) is 11.1. The maximum atomic E-state index is 14.1. The van der Waals surface area contributed by atoms with Crippen molar-refractivity contribution in [3.63, 3.8) is 0 Å². The largest absolute Gasteiger partial charge is 0.448 e. The van der Waals surface area contributed by atoms with Crippen LogP contribution in [0.2, 0.25) is 0 Å². The Morgan fingerprint density at radius 3 is 2.23 bits per heavy atom. The number of hydrogen-bond acceptors (Lipinski definition) is 9. The summed E-state index contributed by atoms with van der Waals surface area (Å²) in [5.74, 6) is -2.20. The lowest BCUT2D eigenvalue weighted by Crippen LogP contribution is -2.73. The van der Waals surface area contributed by atoms with E-state index in [0.29, 0.717) is 11.1 Å². The van der Waals surface area contributed by atoms with Crippen molar-refractivity contribution >= 4 is 50.0 Å². The van der Waals surface area contributed by atoms with Gasteiger partial charge in [-0.25, -0.2) is 4.79 Å². The van der Waals surface area contributed by atoms with Crippen LogP contribution in [0.25, 0.3) is 0 Å². The van der Waals surface area contributed by atoms with Gasteiger partial charge < -0.3 is 14.2 Å². The van der Waals surface area contributed by atoms with Crippen molar-refractivity contribution in [3.8, 4) is 0 Å². The molecule has 1 fully saturated rings. The number of thiophene rings is 1. The zero-order chi connectivity index (χ0) is 33.8. The van der Waals surface area contributed by atoms with Gasteiger partial charge in [0.25, 0.3) is 5.91 Å². The minimum Gasteiger partial charge on any atom is -0.448 e. The first-order valence-corrected chi connectivity index (χ1v) is 18.5. The smallest absolute Gasteiger partial charge is 0.356 e. The molecule has 48 heavy (non-hydrogen) atoms. The Morgan fingerprint density at radius 2 is 1.62 bits per heavy atom. The van der Waals surface area contributed by atoms with Crippen molar-refractivity contribution in [2.45, 2.75) is 35.8 Å². The van der Waals surface area contributed by atoms with E-state index in [2.05, 4.69) is 5.32 Å². The number of hydrogen-bond donors (Lipinski definition) is 1. The summed E-state index contributed by atoms with van der Waals surface area (Å²) in [6.07, 6.45) is 1.26. The van der Waals surface area contributed by atoms with E-state index < -0.39 is 56.2 Å². The molecule has 3 heterocycles. The number of nitrogens with one attached hydrogen (secondary N) is 1. The van der Waals surface area contributed by atoms with Crippen LogP contribution in [-0.4, -0.2) is 52.5 Å². The van der Waals surface area contributed by atoms with Crippen LogP contribution in [0.1, 0.15) is 27.7 Å². The summed E-state index contributed by atoms with van der Waals surface area (Å²) in [6, 6.07) is 26.6. The molecule has 2 aliphatic heterocycles. The minimum atomic E-state index is -4.21. The van der Waals surface area contributed by atoms with E-state index in [-0.39, 0.29) is 28.3 Å². The van der Waals surface area contributed by atoms with Crippen LogP contribution in [0.15, 0.2) is 131 Å². The minimum absolute atomic E-state index is 0.0438. The molecule has 1 saturated heterocycles. The van der Waals surface area contributed by atoms with Crippen molar-refractivity contribution in [1.29, 1.82) is 0 Å². The fraction of sp³-hybridized carbons (Fsp3) is 0.171. The quantitative estimate of drug-likeness (QED) is 0.104. The number of esters is 1. The highest BCUT2D eigenvalue weighted by molar-refractivity contribution is 7.87. The molecule has 13 heteroatoms. The van der Waals surface area contributed by atoms with Gasteiger partial charge in [0, 0.05) is 4.88 Å². The zero-order valence-electron chi connectivity index (χ0n) is 25.6. The maximum absolute atomic E-state index is 14.1. The third-order valence-electron chi connectivity index (χ3n) is 7.77. The molecule has 4 aromatic rings. The highest BCUT2D eigenvalue weighted by Crippen LogP contribution is 2.37. The molecular formula is C35H30N2O8S3. The number of allylic oxidation sites excluding steroid dienone is 1. The molecule has 3 aromatic carbocycles. The van der Waals surface area contributed by atoms with Gasteiger partial charge in [0.1, 0.15) is 28.3 Å². The first-order chi connectivity index (χ1) is 23.1. The monoisotopic (exact) mass is 702 g/mol. The standard InChI is InChI=1S/C35H30N2O8S3/c1-23-14-16-28(17-15-23)48(42,43)44-19-18-26-22-47(41)34-30(36-29(38)21-27-13-8-20-46-27)33(39)37(34)31(26)35(40)45-32(24-9-4-2-5-10-24)25-11-6-3-7-12-25/h2-20,30,32,34H,21-22H2,1H3,(H,36,38). The molecule has 246 valence electrons. The Morgan fingerprint density at radius 1 is 0.979 bits per heavy atom. The number of rotatable bonds is 11. The lowest BCUT2D eigenvalue weighted by atomic mass is 10.0. The topological polar surface area (TPSA) is 136 Å². The van der Waals surface area contributed by atoms with Gasteiger partial charge in [-0.2, -0.15) is 8.42 Å². The molecule has 10 nitrogen and oxygen atoms in total. The van der Waals surface area contributed by atoms with Crippen LogP contribution in [0.3, 0.4) is 0 Å².